The molecule has 1 rings (SSSR count). The molecule has 0 aromatic heterocycles. The third kappa shape index (κ3) is 3.20. The molecule has 1 aromatic carbocycles. The van der Waals surface area contributed by atoms with Crippen LogP contribution in [0.3, 0.4) is 0 Å². The second-order valence-electron chi connectivity index (χ2n) is 4.05. The third-order valence-corrected chi connectivity index (χ3v) is 2.10. The molecule has 0 heterocycles. The Morgan fingerprint density at radius 1 is 1.47 bits per heavy atom. The van der Waals surface area contributed by atoms with Gasteiger partial charge in [-0.3, -0.25) is 0 Å². The molecule has 0 fully saturated rings. The molecule has 1 atom stereocenters. The van der Waals surface area contributed by atoms with Crippen molar-refractivity contribution in [2.24, 2.45) is 0 Å². The maximum absolute atomic E-state index is 13.8. The topological polar surface area (TPSA) is 29.5 Å². The van der Waals surface area contributed by atoms with Crippen LogP contribution in [-0.2, 0) is 5.67 Å². The molecule has 2 nitrogen and oxygen atoms in total. The molecule has 1 aromatic rings. The van der Waals surface area contributed by atoms with E-state index in [-0.39, 0.29) is 6.10 Å². The Kier molecular flexibility index (Phi) is 3.69. The number of hydrogen-bond acceptors (Lipinski definition) is 2. The molecule has 0 bridgehead atoms. The van der Waals surface area contributed by atoms with Crippen molar-refractivity contribution >= 4 is 0 Å². The first kappa shape index (κ1) is 12.0. The molecular formula is C12H17FO2. The van der Waals surface area contributed by atoms with Gasteiger partial charge < -0.3 is 9.84 Å². The molecule has 0 saturated carbocycles. The highest BCUT2D eigenvalue weighted by Gasteiger charge is 2.24. The van der Waals surface area contributed by atoms with Crippen molar-refractivity contribution in [2.75, 3.05) is 6.61 Å². The fourth-order valence-electron chi connectivity index (χ4n) is 1.26. The van der Waals surface area contributed by atoms with Crippen molar-refractivity contribution in [3.05, 3.63) is 29.8 Å². The fourth-order valence-corrected chi connectivity index (χ4v) is 1.26. The predicted molar refractivity (Wildman–Crippen MR) is 57.8 cm³/mol. The van der Waals surface area contributed by atoms with E-state index in [1.54, 1.807) is 24.3 Å². The zero-order chi connectivity index (χ0) is 11.5. The summed E-state index contributed by atoms with van der Waals surface area (Å²) >= 11 is 0. The molecule has 0 spiro atoms. The van der Waals surface area contributed by atoms with Gasteiger partial charge in [-0.1, -0.05) is 12.1 Å². The van der Waals surface area contributed by atoms with Crippen LogP contribution in [0.4, 0.5) is 4.39 Å². The van der Waals surface area contributed by atoms with Crippen molar-refractivity contribution in [2.45, 2.75) is 32.5 Å². The van der Waals surface area contributed by atoms with Crippen molar-refractivity contribution in [3.8, 4) is 5.75 Å². The number of aliphatic hydroxyl groups is 1. The Morgan fingerprint density at radius 2 is 2.13 bits per heavy atom. The minimum Gasteiger partial charge on any atom is -0.491 e. The minimum absolute atomic E-state index is 0.0558. The summed E-state index contributed by atoms with van der Waals surface area (Å²) in [6.45, 7) is 4.64. The first-order valence-corrected chi connectivity index (χ1v) is 5.02. The molecule has 0 saturated heterocycles. The zero-order valence-corrected chi connectivity index (χ0v) is 9.33. The number of aliphatic hydroxyl groups excluding tert-OH is 1. The Morgan fingerprint density at radius 3 is 2.67 bits per heavy atom. The van der Waals surface area contributed by atoms with Crippen molar-refractivity contribution in [3.63, 3.8) is 0 Å². The van der Waals surface area contributed by atoms with Gasteiger partial charge in [-0.25, -0.2) is 4.39 Å². The van der Waals surface area contributed by atoms with Crippen LogP contribution in [0.5, 0.6) is 5.75 Å². The van der Waals surface area contributed by atoms with Crippen molar-refractivity contribution in [1.82, 2.24) is 0 Å². The van der Waals surface area contributed by atoms with E-state index >= 15 is 0 Å². The van der Waals surface area contributed by atoms with Crippen LogP contribution >= 0.6 is 0 Å². The van der Waals surface area contributed by atoms with Gasteiger partial charge in [0, 0.05) is 0 Å². The number of hydrogen-bond donors (Lipinski definition) is 1. The average molecular weight is 212 g/mol. The lowest BCUT2D eigenvalue weighted by molar-refractivity contribution is 0.0863. The summed E-state index contributed by atoms with van der Waals surface area (Å²) in [5, 5.41) is 8.90. The summed E-state index contributed by atoms with van der Waals surface area (Å²) in [6, 6.07) is 6.76. The lowest BCUT2D eigenvalue weighted by Gasteiger charge is -2.19. The molecule has 3 heteroatoms. The van der Waals surface area contributed by atoms with Gasteiger partial charge in [-0.15, -0.1) is 0 Å². The van der Waals surface area contributed by atoms with Crippen molar-refractivity contribution < 1.29 is 14.2 Å². The second-order valence-corrected chi connectivity index (χ2v) is 4.05. The first-order valence-electron chi connectivity index (χ1n) is 5.02. The number of benzene rings is 1. The Bertz CT molecular complexity index is 321. The van der Waals surface area contributed by atoms with Gasteiger partial charge >= 0.3 is 0 Å². The van der Waals surface area contributed by atoms with Gasteiger partial charge in [0.25, 0.3) is 0 Å². The standard InChI is InChI=1S/C12H17FO2/c1-9(2)15-11-6-4-5-10(7-11)12(3,13)8-14/h4-7,9,14H,8H2,1-3H3. The van der Waals surface area contributed by atoms with E-state index in [2.05, 4.69) is 0 Å². The number of halogens is 1. The van der Waals surface area contributed by atoms with E-state index in [4.69, 9.17) is 9.84 Å². The largest absolute Gasteiger partial charge is 0.491 e. The SMILES string of the molecule is CC(C)Oc1cccc(C(C)(F)CO)c1. The zero-order valence-electron chi connectivity index (χ0n) is 9.33. The summed E-state index contributed by atoms with van der Waals surface area (Å²) in [6.07, 6.45) is 0.0558. The van der Waals surface area contributed by atoms with Gasteiger partial charge in [0.1, 0.15) is 5.75 Å². The molecule has 1 unspecified atom stereocenters. The molecule has 0 aliphatic rings. The van der Waals surface area contributed by atoms with Crippen LogP contribution in [0.25, 0.3) is 0 Å². The maximum atomic E-state index is 13.8. The molecule has 0 amide bonds. The number of rotatable bonds is 4. The van der Waals surface area contributed by atoms with Gasteiger partial charge in [0.05, 0.1) is 12.7 Å². The quantitative estimate of drug-likeness (QED) is 0.831. The van der Waals surface area contributed by atoms with Gasteiger partial charge in [0.2, 0.25) is 0 Å². The average Bonchev–Trinajstić information content (AvgIpc) is 2.17. The van der Waals surface area contributed by atoms with E-state index < -0.39 is 12.3 Å². The summed E-state index contributed by atoms with van der Waals surface area (Å²) in [7, 11) is 0. The van der Waals surface area contributed by atoms with Crippen LogP contribution < -0.4 is 4.74 Å². The predicted octanol–water partition coefficient (Wildman–Crippen LogP) is 2.65. The second kappa shape index (κ2) is 4.62. The van der Waals surface area contributed by atoms with Crippen molar-refractivity contribution in [1.29, 1.82) is 0 Å². The van der Waals surface area contributed by atoms with Crippen LogP contribution in [0, 0.1) is 0 Å². The van der Waals surface area contributed by atoms with Crippen LogP contribution in [0.2, 0.25) is 0 Å². The van der Waals surface area contributed by atoms with E-state index in [0.29, 0.717) is 11.3 Å². The molecule has 0 aliphatic heterocycles. The van der Waals surface area contributed by atoms with E-state index in [1.807, 2.05) is 13.8 Å². The van der Waals surface area contributed by atoms with Gasteiger partial charge in [0.15, 0.2) is 5.67 Å². The minimum atomic E-state index is -1.71. The number of ether oxygens (including phenoxy) is 1. The fraction of sp³-hybridized carbons (Fsp3) is 0.500. The normalized spacial score (nSPS) is 15.1. The smallest absolute Gasteiger partial charge is 0.156 e. The molecule has 0 radical (unpaired) electrons. The molecule has 15 heavy (non-hydrogen) atoms. The van der Waals surface area contributed by atoms with Crippen LogP contribution in [-0.4, -0.2) is 17.8 Å². The highest BCUT2D eigenvalue weighted by atomic mass is 19.1. The third-order valence-electron chi connectivity index (χ3n) is 2.10. The monoisotopic (exact) mass is 212 g/mol. The molecule has 84 valence electrons. The van der Waals surface area contributed by atoms with E-state index in [0.717, 1.165) is 0 Å². The number of alkyl halides is 1. The van der Waals surface area contributed by atoms with E-state index in [9.17, 15) is 4.39 Å². The van der Waals surface area contributed by atoms with Gasteiger partial charge in [-0.05, 0) is 38.5 Å². The Labute approximate surface area is 89.7 Å². The van der Waals surface area contributed by atoms with Gasteiger partial charge in [-0.2, -0.15) is 0 Å². The summed E-state index contributed by atoms with van der Waals surface area (Å²) in [4.78, 5) is 0. The van der Waals surface area contributed by atoms with Crippen LogP contribution in [0.1, 0.15) is 26.3 Å². The summed E-state index contributed by atoms with van der Waals surface area (Å²) < 4.78 is 19.2. The highest BCUT2D eigenvalue weighted by Crippen LogP contribution is 2.27. The highest BCUT2D eigenvalue weighted by molar-refractivity contribution is 5.32. The Balaban J connectivity index is 2.92. The maximum Gasteiger partial charge on any atom is 0.156 e. The van der Waals surface area contributed by atoms with Crippen LogP contribution in [0.15, 0.2) is 24.3 Å². The first-order chi connectivity index (χ1) is 6.95. The molecular weight excluding hydrogens is 195 g/mol. The molecule has 0 aliphatic carbocycles. The van der Waals surface area contributed by atoms with E-state index in [1.165, 1.54) is 6.92 Å². The Hall–Kier alpha value is -1.09. The summed E-state index contributed by atoms with van der Waals surface area (Å²) in [5.74, 6) is 0.625. The molecule has 1 N–H and O–H groups in total. The summed E-state index contributed by atoms with van der Waals surface area (Å²) in [5.41, 5.74) is -1.28. The lowest BCUT2D eigenvalue weighted by Crippen LogP contribution is -2.20. The lowest BCUT2D eigenvalue weighted by atomic mass is 9.99.